The van der Waals surface area contributed by atoms with Crippen molar-refractivity contribution < 1.29 is 19.8 Å². The zero-order chi connectivity index (χ0) is 12.7. The van der Waals surface area contributed by atoms with Crippen molar-refractivity contribution in [1.29, 1.82) is 0 Å². The summed E-state index contributed by atoms with van der Waals surface area (Å²) >= 11 is 1.47. The van der Waals surface area contributed by atoms with E-state index < -0.39 is 18.2 Å². The summed E-state index contributed by atoms with van der Waals surface area (Å²) in [6, 6.07) is -0.396. The van der Waals surface area contributed by atoms with Gasteiger partial charge in [-0.3, -0.25) is 9.83 Å². The molecule has 7 heteroatoms. The Morgan fingerprint density at radius 1 is 1.44 bits per heavy atom. The number of hydrogen-bond acceptors (Lipinski definition) is 7. The Bertz CT molecular complexity index is 348. The third-order valence-electron chi connectivity index (χ3n) is 3.52. The maximum Gasteiger partial charge on any atom is 0.186 e. The van der Waals surface area contributed by atoms with E-state index in [1.807, 2.05) is 6.92 Å². The number of hydroxylamine groups is 2. The first-order chi connectivity index (χ1) is 8.70. The van der Waals surface area contributed by atoms with Gasteiger partial charge in [0, 0.05) is 0 Å². The molecule has 2 fully saturated rings. The Labute approximate surface area is 110 Å². The molecule has 3 heterocycles. The molecule has 0 aliphatic carbocycles. The van der Waals surface area contributed by atoms with Gasteiger partial charge >= 0.3 is 0 Å². The van der Waals surface area contributed by atoms with Gasteiger partial charge in [-0.05, 0) is 12.8 Å². The Balaban J connectivity index is 1.74. The summed E-state index contributed by atoms with van der Waals surface area (Å²) in [5.41, 5.74) is -0.215. The van der Waals surface area contributed by atoms with Crippen LogP contribution in [0.15, 0.2) is 4.99 Å². The molecule has 102 valence electrons. The summed E-state index contributed by atoms with van der Waals surface area (Å²) in [5.74, 6) is 0. The van der Waals surface area contributed by atoms with Gasteiger partial charge in [-0.15, -0.1) is 0 Å². The minimum atomic E-state index is -0.862. The van der Waals surface area contributed by atoms with Crippen molar-refractivity contribution in [3.8, 4) is 0 Å². The molecule has 0 aromatic carbocycles. The molecule has 3 aliphatic heterocycles. The lowest BCUT2D eigenvalue weighted by molar-refractivity contribution is -0.153. The quantitative estimate of drug-likeness (QED) is 0.698. The fourth-order valence-corrected chi connectivity index (χ4v) is 3.68. The minimum Gasteiger partial charge on any atom is -0.388 e. The number of ether oxygens (including phenoxy) is 1. The van der Waals surface area contributed by atoms with Crippen LogP contribution >= 0.6 is 11.8 Å². The van der Waals surface area contributed by atoms with E-state index in [9.17, 15) is 10.2 Å². The van der Waals surface area contributed by atoms with Crippen molar-refractivity contribution in [2.45, 2.75) is 49.6 Å². The molecular weight excluding hydrogens is 256 g/mol. The zero-order valence-electron chi connectivity index (χ0n) is 10.2. The van der Waals surface area contributed by atoms with Crippen LogP contribution in [0.25, 0.3) is 0 Å². The first kappa shape index (κ1) is 12.7. The highest BCUT2D eigenvalue weighted by Gasteiger charge is 2.48. The molecule has 0 radical (unpaired) electrons. The van der Waals surface area contributed by atoms with Crippen LogP contribution in [0.5, 0.6) is 0 Å². The molecule has 0 bridgehead atoms. The van der Waals surface area contributed by atoms with Crippen molar-refractivity contribution in [1.82, 2.24) is 5.06 Å². The predicted octanol–water partition coefficient (Wildman–Crippen LogP) is -0.0482. The summed E-state index contributed by atoms with van der Waals surface area (Å²) in [7, 11) is 0. The number of hydrogen-bond donors (Lipinski definition) is 2. The van der Waals surface area contributed by atoms with E-state index in [-0.39, 0.29) is 11.5 Å². The standard InChI is InChI=1S/C11H18N2O4S/c1-2-6-8(14)9(15)7-10(17-6)18-11(12-7)13-4-3-5-16-13/h6-10,14-15H,2-5H2,1H3/t6-,7-,8-,9-,10-/m1/s1. The number of amidine groups is 1. The van der Waals surface area contributed by atoms with E-state index in [0.29, 0.717) is 13.0 Å². The minimum absolute atomic E-state index is 0.215. The number of aliphatic imine (C=N–C) groups is 1. The highest BCUT2D eigenvalue weighted by Crippen LogP contribution is 2.38. The molecule has 3 aliphatic rings. The Morgan fingerprint density at radius 3 is 2.94 bits per heavy atom. The second-order valence-corrected chi connectivity index (χ2v) is 5.81. The Hall–Kier alpha value is -0.340. The van der Waals surface area contributed by atoms with Crippen LogP contribution in [0.3, 0.4) is 0 Å². The summed E-state index contributed by atoms with van der Waals surface area (Å²) in [6.07, 6.45) is -0.376. The highest BCUT2D eigenvalue weighted by molar-refractivity contribution is 8.14. The van der Waals surface area contributed by atoms with E-state index in [2.05, 4.69) is 4.99 Å². The highest BCUT2D eigenvalue weighted by atomic mass is 32.2. The van der Waals surface area contributed by atoms with E-state index in [4.69, 9.17) is 9.57 Å². The van der Waals surface area contributed by atoms with E-state index >= 15 is 0 Å². The lowest BCUT2D eigenvalue weighted by atomic mass is 9.97. The number of thioether (sulfide) groups is 1. The van der Waals surface area contributed by atoms with Gasteiger partial charge in [0.2, 0.25) is 0 Å². The van der Waals surface area contributed by atoms with Crippen molar-refractivity contribution in [3.63, 3.8) is 0 Å². The maximum absolute atomic E-state index is 10.1. The summed E-state index contributed by atoms with van der Waals surface area (Å²) in [5, 5.41) is 22.5. The van der Waals surface area contributed by atoms with Gasteiger partial charge in [0.05, 0.1) is 19.3 Å². The third kappa shape index (κ3) is 2.04. The van der Waals surface area contributed by atoms with Gasteiger partial charge in [-0.1, -0.05) is 18.7 Å². The van der Waals surface area contributed by atoms with Crippen LogP contribution in [-0.4, -0.2) is 63.4 Å². The molecule has 2 N–H and O–H groups in total. The van der Waals surface area contributed by atoms with E-state index in [0.717, 1.165) is 18.1 Å². The molecule has 0 saturated carbocycles. The van der Waals surface area contributed by atoms with E-state index in [1.165, 1.54) is 11.8 Å². The van der Waals surface area contributed by atoms with Gasteiger partial charge in [0.15, 0.2) is 5.17 Å². The van der Waals surface area contributed by atoms with Crippen LogP contribution in [0.1, 0.15) is 19.8 Å². The SMILES string of the molecule is CC[C@H]1O[C@@H]2SC(N3CCCO3)=N[C@@H]2[C@@H](O)[C@@H]1O. The monoisotopic (exact) mass is 274 g/mol. The predicted molar refractivity (Wildman–Crippen MR) is 67.1 cm³/mol. The second kappa shape index (κ2) is 4.97. The van der Waals surface area contributed by atoms with Crippen molar-refractivity contribution in [3.05, 3.63) is 0 Å². The summed E-state index contributed by atoms with van der Waals surface area (Å²) in [4.78, 5) is 9.88. The molecule has 0 aromatic heterocycles. The van der Waals surface area contributed by atoms with Crippen LogP contribution in [0.4, 0.5) is 0 Å². The van der Waals surface area contributed by atoms with Gasteiger partial charge in [-0.2, -0.15) is 0 Å². The fraction of sp³-hybridized carbons (Fsp3) is 0.909. The molecule has 5 atom stereocenters. The van der Waals surface area contributed by atoms with Crippen LogP contribution in [0, 0.1) is 0 Å². The second-order valence-electron chi connectivity index (χ2n) is 4.74. The lowest BCUT2D eigenvalue weighted by Crippen LogP contribution is -2.54. The normalized spacial score (nSPS) is 44.1. The fourth-order valence-electron chi connectivity index (χ4n) is 2.47. The van der Waals surface area contributed by atoms with Gasteiger partial charge < -0.3 is 14.9 Å². The average molecular weight is 274 g/mol. The van der Waals surface area contributed by atoms with Gasteiger partial charge in [-0.25, -0.2) is 5.06 Å². The smallest absolute Gasteiger partial charge is 0.186 e. The zero-order valence-corrected chi connectivity index (χ0v) is 11.0. The number of nitrogens with zero attached hydrogens (tertiary/aromatic N) is 2. The van der Waals surface area contributed by atoms with Crippen molar-refractivity contribution in [2.24, 2.45) is 4.99 Å². The van der Waals surface area contributed by atoms with Gasteiger partial charge in [0.1, 0.15) is 23.7 Å². The van der Waals surface area contributed by atoms with E-state index in [1.54, 1.807) is 5.06 Å². The van der Waals surface area contributed by atoms with Gasteiger partial charge in [0.25, 0.3) is 0 Å². The van der Waals surface area contributed by atoms with Crippen LogP contribution in [0.2, 0.25) is 0 Å². The molecule has 0 amide bonds. The average Bonchev–Trinajstić information content (AvgIpc) is 3.01. The molecule has 0 aromatic rings. The summed E-state index contributed by atoms with van der Waals surface area (Å²) < 4.78 is 5.79. The Morgan fingerprint density at radius 2 is 2.28 bits per heavy atom. The molecular formula is C11H18N2O4S. The number of aliphatic hydroxyl groups excluding tert-OH is 2. The van der Waals surface area contributed by atoms with Crippen LogP contribution < -0.4 is 0 Å². The van der Waals surface area contributed by atoms with Crippen LogP contribution in [-0.2, 0) is 9.57 Å². The van der Waals surface area contributed by atoms with Crippen molar-refractivity contribution >= 4 is 16.9 Å². The van der Waals surface area contributed by atoms with Crippen molar-refractivity contribution in [2.75, 3.05) is 13.2 Å². The maximum atomic E-state index is 10.1. The molecule has 3 rings (SSSR count). The number of fused-ring (bicyclic) bond motifs is 1. The molecule has 18 heavy (non-hydrogen) atoms. The largest absolute Gasteiger partial charge is 0.388 e. The molecule has 0 spiro atoms. The topological polar surface area (TPSA) is 74.5 Å². The molecule has 0 unspecified atom stereocenters. The third-order valence-corrected chi connectivity index (χ3v) is 4.66. The number of rotatable bonds is 1. The Kier molecular flexibility index (Phi) is 3.50. The molecule has 2 saturated heterocycles. The number of aliphatic hydroxyl groups is 2. The summed E-state index contributed by atoms with van der Waals surface area (Å²) in [6.45, 7) is 3.46. The first-order valence-corrected chi connectivity index (χ1v) is 7.25. The first-order valence-electron chi connectivity index (χ1n) is 6.37. The lowest BCUT2D eigenvalue weighted by Gasteiger charge is -2.37. The molecule has 6 nitrogen and oxygen atoms in total.